The molecule has 1 aromatic carbocycles. The van der Waals surface area contributed by atoms with Gasteiger partial charge in [-0.05, 0) is 17.7 Å². The second-order valence-electron chi connectivity index (χ2n) is 3.98. The zero-order valence-corrected chi connectivity index (χ0v) is 12.9. The Morgan fingerprint density at radius 1 is 1.39 bits per heavy atom. The Morgan fingerprint density at radius 2 is 2.11 bits per heavy atom. The highest BCUT2D eigenvalue weighted by molar-refractivity contribution is 9.10. The zero-order valence-electron chi connectivity index (χ0n) is 10.6. The van der Waals surface area contributed by atoms with Gasteiger partial charge in [-0.3, -0.25) is 5.84 Å². The fourth-order valence-corrected chi connectivity index (χ4v) is 2.28. The van der Waals surface area contributed by atoms with E-state index in [1.165, 1.54) is 0 Å². The summed E-state index contributed by atoms with van der Waals surface area (Å²) in [6, 6.07) is 3.73. The van der Waals surface area contributed by atoms with E-state index in [0.29, 0.717) is 30.5 Å². The molecule has 0 saturated carbocycles. The Labute approximate surface area is 121 Å². The highest BCUT2D eigenvalue weighted by atomic mass is 79.9. The molecule has 0 bridgehead atoms. The molecule has 0 heterocycles. The number of halogens is 2. The van der Waals surface area contributed by atoms with Crippen molar-refractivity contribution in [3.63, 3.8) is 0 Å². The minimum atomic E-state index is 0.576. The van der Waals surface area contributed by atoms with Crippen molar-refractivity contribution < 1.29 is 9.47 Å². The molecule has 0 saturated heterocycles. The quantitative estimate of drug-likeness (QED) is 0.472. The molecule has 0 spiro atoms. The number of ether oxygens (including phenoxy) is 2. The van der Waals surface area contributed by atoms with E-state index in [0.717, 1.165) is 16.5 Å². The summed E-state index contributed by atoms with van der Waals surface area (Å²) in [6.07, 6.45) is 0.828. The fraction of sp³-hybridized carbons (Fsp3) is 0.500. The monoisotopic (exact) mass is 336 g/mol. The van der Waals surface area contributed by atoms with Crippen molar-refractivity contribution in [3.05, 3.63) is 27.2 Å². The summed E-state index contributed by atoms with van der Waals surface area (Å²) >= 11 is 9.58. The predicted octanol–water partition coefficient (Wildman–Crippen LogP) is 2.82. The van der Waals surface area contributed by atoms with E-state index in [4.69, 9.17) is 26.9 Å². The largest absolute Gasteiger partial charge is 0.492 e. The van der Waals surface area contributed by atoms with E-state index in [-0.39, 0.29) is 0 Å². The van der Waals surface area contributed by atoms with Gasteiger partial charge in [-0.15, -0.1) is 0 Å². The summed E-state index contributed by atoms with van der Waals surface area (Å²) in [7, 11) is 3.47. The van der Waals surface area contributed by atoms with Gasteiger partial charge in [0.2, 0.25) is 0 Å². The molecule has 2 N–H and O–H groups in total. The minimum absolute atomic E-state index is 0.576. The molecule has 1 aromatic rings. The van der Waals surface area contributed by atoms with Crippen molar-refractivity contribution in [1.29, 1.82) is 0 Å². The molecular weight excluding hydrogens is 320 g/mol. The molecule has 4 nitrogen and oxygen atoms in total. The minimum Gasteiger partial charge on any atom is -0.492 e. The molecule has 0 atom stereocenters. The number of nitrogens with two attached hydrogens (primary N) is 1. The first-order chi connectivity index (χ1) is 8.54. The van der Waals surface area contributed by atoms with Crippen molar-refractivity contribution in [1.82, 2.24) is 5.01 Å². The van der Waals surface area contributed by atoms with Crippen LogP contribution in [0.1, 0.15) is 12.0 Å². The smallest absolute Gasteiger partial charge is 0.138 e. The number of methoxy groups -OCH3 is 1. The van der Waals surface area contributed by atoms with Gasteiger partial charge in [0, 0.05) is 38.2 Å². The number of hydrogen-bond donors (Lipinski definition) is 1. The first-order valence-corrected chi connectivity index (χ1v) is 6.77. The van der Waals surface area contributed by atoms with Crippen molar-refractivity contribution in [2.75, 3.05) is 27.4 Å². The number of benzene rings is 1. The molecule has 0 unspecified atom stereocenters. The van der Waals surface area contributed by atoms with Crippen molar-refractivity contribution in [3.8, 4) is 5.75 Å². The number of hydrogen-bond acceptors (Lipinski definition) is 4. The van der Waals surface area contributed by atoms with Gasteiger partial charge in [-0.2, -0.15) is 0 Å². The van der Waals surface area contributed by atoms with E-state index < -0.39 is 0 Å². The highest BCUT2D eigenvalue weighted by Gasteiger charge is 2.09. The second kappa shape index (κ2) is 7.96. The van der Waals surface area contributed by atoms with E-state index >= 15 is 0 Å². The summed E-state index contributed by atoms with van der Waals surface area (Å²) in [6.45, 7) is 1.87. The van der Waals surface area contributed by atoms with Gasteiger partial charge in [-0.25, -0.2) is 5.01 Å². The third-order valence-corrected chi connectivity index (χ3v) is 3.30. The molecule has 1 rings (SSSR count). The molecule has 0 fully saturated rings. The van der Waals surface area contributed by atoms with Gasteiger partial charge in [0.1, 0.15) is 5.75 Å². The van der Waals surface area contributed by atoms with Crippen LogP contribution >= 0.6 is 27.5 Å². The van der Waals surface area contributed by atoms with Crippen LogP contribution in [0, 0.1) is 0 Å². The van der Waals surface area contributed by atoms with Crippen LogP contribution in [0.15, 0.2) is 16.6 Å². The number of nitrogens with zero attached hydrogens (tertiary/aromatic N) is 1. The van der Waals surface area contributed by atoms with Crippen LogP contribution in [0.5, 0.6) is 5.75 Å². The summed E-state index contributed by atoms with van der Waals surface area (Å²) in [4.78, 5) is 0. The van der Waals surface area contributed by atoms with Crippen LogP contribution in [-0.4, -0.2) is 32.4 Å². The lowest BCUT2D eigenvalue weighted by Crippen LogP contribution is -2.25. The Hall–Kier alpha value is -0.330. The first kappa shape index (κ1) is 15.7. The Morgan fingerprint density at radius 3 is 2.72 bits per heavy atom. The van der Waals surface area contributed by atoms with Crippen LogP contribution in [0.3, 0.4) is 0 Å². The van der Waals surface area contributed by atoms with E-state index in [9.17, 15) is 0 Å². The lowest BCUT2D eigenvalue weighted by Gasteiger charge is -2.14. The summed E-state index contributed by atoms with van der Waals surface area (Å²) in [5.41, 5.74) is 1.03. The van der Waals surface area contributed by atoms with Gasteiger partial charge in [0.15, 0.2) is 0 Å². The number of rotatable bonds is 7. The van der Waals surface area contributed by atoms with Crippen LogP contribution in [0.2, 0.25) is 5.02 Å². The molecule has 6 heteroatoms. The average Bonchev–Trinajstić information content (AvgIpc) is 2.29. The molecule has 0 radical (unpaired) electrons. The van der Waals surface area contributed by atoms with Crippen molar-refractivity contribution >= 4 is 27.5 Å². The lowest BCUT2D eigenvalue weighted by molar-refractivity contribution is 0.172. The fourth-order valence-electron chi connectivity index (χ4n) is 1.46. The lowest BCUT2D eigenvalue weighted by atomic mass is 10.2. The van der Waals surface area contributed by atoms with Gasteiger partial charge in [-0.1, -0.05) is 27.5 Å². The molecule has 0 amide bonds. The summed E-state index contributed by atoms with van der Waals surface area (Å²) in [5, 5.41) is 2.19. The molecule has 0 aliphatic heterocycles. The normalized spacial score (nSPS) is 11.0. The highest BCUT2D eigenvalue weighted by Crippen LogP contribution is 2.31. The topological polar surface area (TPSA) is 47.7 Å². The Bertz CT molecular complexity index is 389. The van der Waals surface area contributed by atoms with E-state index in [1.807, 2.05) is 12.1 Å². The molecular formula is C12H18BrClN2O2. The molecule has 0 aliphatic rings. The standard InChI is InChI=1S/C12H18BrClN2O2/c1-16(15)8-9-6-12(11(14)7-10(9)13)18-5-3-4-17-2/h6-7H,3-5,8,15H2,1-2H3. The van der Waals surface area contributed by atoms with Crippen molar-refractivity contribution in [2.45, 2.75) is 13.0 Å². The summed E-state index contributed by atoms with van der Waals surface area (Å²) in [5.74, 6) is 6.32. The van der Waals surface area contributed by atoms with E-state index in [2.05, 4.69) is 15.9 Å². The van der Waals surface area contributed by atoms with E-state index in [1.54, 1.807) is 19.2 Å². The molecule has 0 aliphatic carbocycles. The van der Waals surface area contributed by atoms with Gasteiger partial charge < -0.3 is 9.47 Å². The molecule has 18 heavy (non-hydrogen) atoms. The first-order valence-electron chi connectivity index (χ1n) is 5.60. The van der Waals surface area contributed by atoms with Crippen LogP contribution in [-0.2, 0) is 11.3 Å². The van der Waals surface area contributed by atoms with Gasteiger partial charge in [0.25, 0.3) is 0 Å². The number of hydrazine groups is 1. The van der Waals surface area contributed by atoms with Gasteiger partial charge in [0.05, 0.1) is 11.6 Å². The van der Waals surface area contributed by atoms with Crippen molar-refractivity contribution in [2.24, 2.45) is 5.84 Å². The summed E-state index contributed by atoms with van der Waals surface area (Å²) < 4.78 is 11.5. The molecule has 0 aromatic heterocycles. The van der Waals surface area contributed by atoms with Crippen LogP contribution in [0.25, 0.3) is 0 Å². The van der Waals surface area contributed by atoms with Gasteiger partial charge >= 0.3 is 0 Å². The predicted molar refractivity (Wildman–Crippen MR) is 76.8 cm³/mol. The molecule has 102 valence electrons. The van der Waals surface area contributed by atoms with Crippen LogP contribution in [0.4, 0.5) is 0 Å². The maximum atomic E-state index is 6.12. The maximum absolute atomic E-state index is 6.12. The third kappa shape index (κ3) is 5.12. The second-order valence-corrected chi connectivity index (χ2v) is 5.25. The SMILES string of the molecule is COCCCOc1cc(CN(C)N)c(Br)cc1Cl. The Balaban J connectivity index is 2.71. The average molecular weight is 338 g/mol. The Kier molecular flexibility index (Phi) is 6.96. The third-order valence-electron chi connectivity index (χ3n) is 2.27. The zero-order chi connectivity index (χ0) is 13.5. The van der Waals surface area contributed by atoms with Crippen LogP contribution < -0.4 is 10.6 Å². The maximum Gasteiger partial charge on any atom is 0.138 e.